The second kappa shape index (κ2) is 4.10. The second-order valence-corrected chi connectivity index (χ2v) is 4.75. The maximum atomic E-state index is 12.2. The molecule has 2 rings (SSSR count). The van der Waals surface area contributed by atoms with Gasteiger partial charge in [-0.05, 0) is 32.7 Å². The second-order valence-electron chi connectivity index (χ2n) is 4.75. The molecular formula is C11H20N2O2. The normalized spacial score (nSPS) is 35.7. The van der Waals surface area contributed by atoms with E-state index < -0.39 is 5.60 Å². The van der Waals surface area contributed by atoms with Gasteiger partial charge in [0.25, 0.3) is 5.91 Å². The number of nitrogens with one attached hydrogen (secondary N) is 1. The molecule has 2 saturated heterocycles. The Morgan fingerprint density at radius 1 is 1.60 bits per heavy atom. The SMILES string of the molecule is CN(C(=O)C1(C)CCCO1)C1CCNC1. The van der Waals surface area contributed by atoms with Gasteiger partial charge in [0.05, 0.1) is 0 Å². The molecule has 0 aromatic rings. The summed E-state index contributed by atoms with van der Waals surface area (Å²) in [5, 5.41) is 3.28. The van der Waals surface area contributed by atoms with Crippen molar-refractivity contribution in [1.29, 1.82) is 0 Å². The lowest BCUT2D eigenvalue weighted by Crippen LogP contribution is -2.49. The summed E-state index contributed by atoms with van der Waals surface area (Å²) in [7, 11) is 1.90. The number of ether oxygens (including phenoxy) is 1. The molecule has 2 unspecified atom stereocenters. The maximum Gasteiger partial charge on any atom is 0.254 e. The molecule has 0 aromatic heterocycles. The van der Waals surface area contributed by atoms with Gasteiger partial charge in [-0.15, -0.1) is 0 Å². The minimum Gasteiger partial charge on any atom is -0.365 e. The molecule has 0 aromatic carbocycles. The van der Waals surface area contributed by atoms with E-state index in [1.54, 1.807) is 0 Å². The number of hydrogen-bond acceptors (Lipinski definition) is 3. The van der Waals surface area contributed by atoms with Crippen LogP contribution in [-0.4, -0.2) is 49.2 Å². The summed E-state index contributed by atoms with van der Waals surface area (Å²) in [6, 6.07) is 0.346. The molecule has 4 heteroatoms. The van der Waals surface area contributed by atoms with Gasteiger partial charge in [-0.2, -0.15) is 0 Å². The van der Waals surface area contributed by atoms with Crippen LogP contribution in [0.1, 0.15) is 26.2 Å². The molecule has 2 aliphatic heterocycles. The van der Waals surface area contributed by atoms with Crippen LogP contribution in [-0.2, 0) is 9.53 Å². The van der Waals surface area contributed by atoms with E-state index in [1.807, 2.05) is 18.9 Å². The van der Waals surface area contributed by atoms with Crippen LogP contribution in [0.4, 0.5) is 0 Å². The Balaban J connectivity index is 1.99. The Hall–Kier alpha value is -0.610. The monoisotopic (exact) mass is 212 g/mol. The molecule has 1 amide bonds. The fourth-order valence-electron chi connectivity index (χ4n) is 2.46. The Morgan fingerprint density at radius 2 is 2.40 bits per heavy atom. The van der Waals surface area contributed by atoms with Crippen LogP contribution in [0.2, 0.25) is 0 Å². The predicted molar refractivity (Wildman–Crippen MR) is 57.6 cm³/mol. The minimum absolute atomic E-state index is 0.147. The summed E-state index contributed by atoms with van der Waals surface area (Å²) in [5.41, 5.74) is -0.558. The number of hydrogen-bond donors (Lipinski definition) is 1. The molecule has 2 fully saturated rings. The van der Waals surface area contributed by atoms with Gasteiger partial charge in [-0.25, -0.2) is 0 Å². The molecular weight excluding hydrogens is 192 g/mol. The highest BCUT2D eigenvalue weighted by molar-refractivity contribution is 5.85. The predicted octanol–water partition coefficient (Wildman–Crippen LogP) is 0.376. The van der Waals surface area contributed by atoms with E-state index in [1.165, 1.54) is 0 Å². The van der Waals surface area contributed by atoms with Crippen molar-refractivity contribution in [1.82, 2.24) is 10.2 Å². The highest BCUT2D eigenvalue weighted by Crippen LogP contribution is 2.28. The van der Waals surface area contributed by atoms with E-state index in [0.29, 0.717) is 6.04 Å². The number of carbonyl (C=O) groups is 1. The number of nitrogens with zero attached hydrogens (tertiary/aromatic N) is 1. The van der Waals surface area contributed by atoms with E-state index in [9.17, 15) is 4.79 Å². The number of rotatable bonds is 2. The Morgan fingerprint density at radius 3 is 2.93 bits per heavy atom. The van der Waals surface area contributed by atoms with Crippen LogP contribution in [0.25, 0.3) is 0 Å². The molecule has 4 nitrogen and oxygen atoms in total. The largest absolute Gasteiger partial charge is 0.365 e. The van der Waals surface area contributed by atoms with Gasteiger partial charge < -0.3 is 15.0 Å². The fraction of sp³-hybridized carbons (Fsp3) is 0.909. The van der Waals surface area contributed by atoms with Crippen molar-refractivity contribution in [3.63, 3.8) is 0 Å². The average Bonchev–Trinajstić information content (AvgIpc) is 2.86. The molecule has 2 aliphatic rings. The minimum atomic E-state index is -0.558. The molecule has 1 N–H and O–H groups in total. The zero-order valence-corrected chi connectivity index (χ0v) is 9.58. The third kappa shape index (κ3) is 2.01. The van der Waals surface area contributed by atoms with Gasteiger partial charge in [-0.1, -0.05) is 0 Å². The van der Waals surface area contributed by atoms with E-state index in [4.69, 9.17) is 4.74 Å². The number of amides is 1. The van der Waals surface area contributed by atoms with Crippen molar-refractivity contribution < 1.29 is 9.53 Å². The Labute approximate surface area is 91.0 Å². The molecule has 86 valence electrons. The maximum absolute atomic E-state index is 12.2. The average molecular weight is 212 g/mol. The van der Waals surface area contributed by atoms with E-state index in [0.717, 1.165) is 39.0 Å². The highest BCUT2D eigenvalue weighted by Gasteiger charge is 2.41. The lowest BCUT2D eigenvalue weighted by molar-refractivity contribution is -0.151. The number of likely N-dealkylation sites (N-methyl/N-ethyl adjacent to an activating group) is 1. The van der Waals surface area contributed by atoms with Crippen molar-refractivity contribution in [2.45, 2.75) is 37.8 Å². The lowest BCUT2D eigenvalue weighted by atomic mass is 10.00. The first-order valence-electron chi connectivity index (χ1n) is 5.75. The van der Waals surface area contributed by atoms with E-state index >= 15 is 0 Å². The standard InChI is InChI=1S/C11H20N2O2/c1-11(5-3-7-15-11)10(14)13(2)9-4-6-12-8-9/h9,12H,3-8H2,1-2H3. The Bertz CT molecular complexity index is 243. The van der Waals surface area contributed by atoms with Gasteiger partial charge in [0.1, 0.15) is 5.60 Å². The number of carbonyl (C=O) groups excluding carboxylic acids is 1. The molecule has 2 atom stereocenters. The summed E-state index contributed by atoms with van der Waals surface area (Å²) in [6.07, 6.45) is 2.91. The van der Waals surface area contributed by atoms with E-state index in [2.05, 4.69) is 5.32 Å². The van der Waals surface area contributed by atoms with Crippen molar-refractivity contribution >= 4 is 5.91 Å². The molecule has 0 radical (unpaired) electrons. The molecule has 0 spiro atoms. The first-order valence-corrected chi connectivity index (χ1v) is 5.75. The van der Waals surface area contributed by atoms with Crippen molar-refractivity contribution in [3.05, 3.63) is 0 Å². The third-order valence-electron chi connectivity index (χ3n) is 3.57. The quantitative estimate of drug-likeness (QED) is 0.719. The fourth-order valence-corrected chi connectivity index (χ4v) is 2.46. The van der Waals surface area contributed by atoms with Gasteiger partial charge in [0, 0.05) is 26.2 Å². The lowest BCUT2D eigenvalue weighted by Gasteiger charge is -2.31. The first kappa shape index (κ1) is 10.9. The summed E-state index contributed by atoms with van der Waals surface area (Å²) in [5.74, 6) is 0.147. The third-order valence-corrected chi connectivity index (χ3v) is 3.57. The van der Waals surface area contributed by atoms with Crippen LogP contribution in [0.5, 0.6) is 0 Å². The highest BCUT2D eigenvalue weighted by atomic mass is 16.5. The van der Waals surface area contributed by atoms with Gasteiger partial charge in [0.15, 0.2) is 0 Å². The first-order chi connectivity index (χ1) is 7.13. The molecule has 0 bridgehead atoms. The smallest absolute Gasteiger partial charge is 0.254 e. The van der Waals surface area contributed by atoms with Crippen LogP contribution >= 0.6 is 0 Å². The van der Waals surface area contributed by atoms with Crippen molar-refractivity contribution in [2.75, 3.05) is 26.7 Å². The van der Waals surface area contributed by atoms with Crippen LogP contribution < -0.4 is 5.32 Å². The molecule has 0 aliphatic carbocycles. The van der Waals surface area contributed by atoms with Gasteiger partial charge in [0.2, 0.25) is 0 Å². The topological polar surface area (TPSA) is 41.6 Å². The summed E-state index contributed by atoms with van der Waals surface area (Å²) in [4.78, 5) is 14.1. The summed E-state index contributed by atoms with van der Waals surface area (Å²) in [6.45, 7) is 4.57. The Kier molecular flexibility index (Phi) is 2.98. The van der Waals surface area contributed by atoms with Crippen molar-refractivity contribution in [3.8, 4) is 0 Å². The van der Waals surface area contributed by atoms with Gasteiger partial charge in [-0.3, -0.25) is 4.79 Å². The zero-order valence-electron chi connectivity index (χ0n) is 9.58. The van der Waals surface area contributed by atoms with Crippen LogP contribution in [0, 0.1) is 0 Å². The van der Waals surface area contributed by atoms with Crippen LogP contribution in [0.15, 0.2) is 0 Å². The summed E-state index contributed by atoms with van der Waals surface area (Å²) >= 11 is 0. The molecule has 2 heterocycles. The van der Waals surface area contributed by atoms with E-state index in [-0.39, 0.29) is 5.91 Å². The van der Waals surface area contributed by atoms with Gasteiger partial charge >= 0.3 is 0 Å². The zero-order chi connectivity index (χ0) is 10.9. The van der Waals surface area contributed by atoms with Crippen molar-refractivity contribution in [2.24, 2.45) is 0 Å². The molecule has 15 heavy (non-hydrogen) atoms. The van der Waals surface area contributed by atoms with Crippen LogP contribution in [0.3, 0.4) is 0 Å². The summed E-state index contributed by atoms with van der Waals surface area (Å²) < 4.78 is 5.57. The molecule has 0 saturated carbocycles.